The molecule has 12 heteroatoms. The van der Waals surface area contributed by atoms with Crippen LogP contribution >= 0.6 is 11.6 Å². The average molecular weight is 695 g/mol. The van der Waals surface area contributed by atoms with Gasteiger partial charge in [0.25, 0.3) is 0 Å². The highest BCUT2D eigenvalue weighted by atomic mass is 35.5. The van der Waals surface area contributed by atoms with Crippen LogP contribution in [0.5, 0.6) is 11.5 Å². The first-order valence-electron chi connectivity index (χ1n) is 16.3. The van der Waals surface area contributed by atoms with Crippen molar-refractivity contribution in [3.63, 3.8) is 0 Å². The molecule has 2 heterocycles. The first kappa shape index (κ1) is 35.1. The van der Waals surface area contributed by atoms with E-state index in [4.69, 9.17) is 16.3 Å². The molecule has 2 amide bonds. The number of allylic oxidation sites excluding steroid dienone is 1. The van der Waals surface area contributed by atoms with Crippen molar-refractivity contribution in [2.45, 2.75) is 25.4 Å². The van der Waals surface area contributed by atoms with Crippen molar-refractivity contribution in [3.05, 3.63) is 125 Å². The van der Waals surface area contributed by atoms with Crippen LogP contribution in [0, 0.1) is 17.8 Å². The standard InChI is InChI=1S/C38H36BClN2O8/c40-32-20-28(44)14-12-23(32)17-24(33-11-4-5-16-41-33)13-15-34(45)35-25(22-50-29-9-2-1-3-10-29)18-30-36(31(35)21-43)38(47)42(37(30)46)27-8-6-7-26(19-27)39(48)49/h1-12,14,16-17,19-20,30-31,34,36,43-45,48-49H,13,15,18,21-22H2/b24-17-/t30-,31+,34-,36-/m1/s1. The average Bonchev–Trinajstić information content (AvgIpc) is 3.38. The number of benzene rings is 3. The maximum absolute atomic E-state index is 14.1. The summed E-state index contributed by atoms with van der Waals surface area (Å²) in [6.07, 6.45) is 3.00. The molecule has 0 radical (unpaired) electrons. The predicted molar refractivity (Wildman–Crippen MR) is 190 cm³/mol. The Morgan fingerprint density at radius 2 is 1.78 bits per heavy atom. The van der Waals surface area contributed by atoms with Crippen LogP contribution in [-0.4, -0.2) is 68.6 Å². The van der Waals surface area contributed by atoms with Gasteiger partial charge >= 0.3 is 7.12 Å². The number of carbonyl (C=O) groups is 2. The Bertz CT molecular complexity index is 1920. The molecule has 0 unspecified atom stereocenters. The molecule has 4 atom stereocenters. The molecule has 1 saturated heterocycles. The third kappa shape index (κ3) is 7.37. The van der Waals surface area contributed by atoms with Gasteiger partial charge in [-0.15, -0.1) is 0 Å². The summed E-state index contributed by atoms with van der Waals surface area (Å²) in [6, 6.07) is 25.2. The van der Waals surface area contributed by atoms with E-state index in [0.29, 0.717) is 39.6 Å². The van der Waals surface area contributed by atoms with E-state index in [1.165, 1.54) is 30.3 Å². The summed E-state index contributed by atoms with van der Waals surface area (Å²) in [5, 5.41) is 52.4. The van der Waals surface area contributed by atoms with Crippen molar-refractivity contribution >= 4 is 53.3 Å². The Morgan fingerprint density at radius 1 is 1.00 bits per heavy atom. The number of hydrogen-bond acceptors (Lipinski definition) is 9. The molecule has 50 heavy (non-hydrogen) atoms. The molecule has 2 aliphatic rings. The Hall–Kier alpha value is -4.78. The van der Waals surface area contributed by atoms with Gasteiger partial charge in [-0.25, -0.2) is 0 Å². The van der Waals surface area contributed by atoms with E-state index >= 15 is 0 Å². The molecule has 0 saturated carbocycles. The number of amides is 2. The molecule has 5 N–H and O–H groups in total. The van der Waals surface area contributed by atoms with E-state index in [1.54, 1.807) is 36.5 Å². The first-order valence-corrected chi connectivity index (χ1v) is 16.7. The van der Waals surface area contributed by atoms with Crippen LogP contribution in [0.15, 0.2) is 108 Å². The summed E-state index contributed by atoms with van der Waals surface area (Å²) in [6.45, 7) is -0.480. The van der Waals surface area contributed by atoms with Gasteiger partial charge in [0, 0.05) is 12.1 Å². The molecule has 1 aliphatic heterocycles. The largest absolute Gasteiger partial charge is 0.508 e. The minimum Gasteiger partial charge on any atom is -0.508 e. The smallest absolute Gasteiger partial charge is 0.488 e. The van der Waals surface area contributed by atoms with Crippen molar-refractivity contribution in [1.82, 2.24) is 4.98 Å². The van der Waals surface area contributed by atoms with Crippen LogP contribution in [0.3, 0.4) is 0 Å². The molecule has 6 rings (SSSR count). The van der Waals surface area contributed by atoms with Gasteiger partial charge < -0.3 is 30.1 Å². The van der Waals surface area contributed by atoms with Gasteiger partial charge in [-0.1, -0.05) is 48.0 Å². The minimum atomic E-state index is -1.80. The molecule has 1 aliphatic carbocycles. The number of aliphatic hydroxyl groups excluding tert-OH is 2. The number of fused-ring (bicyclic) bond motifs is 1. The molecule has 256 valence electrons. The summed E-state index contributed by atoms with van der Waals surface area (Å²) < 4.78 is 6.11. The van der Waals surface area contributed by atoms with Gasteiger partial charge in [-0.05, 0) is 108 Å². The van der Waals surface area contributed by atoms with Crippen molar-refractivity contribution < 1.29 is 39.7 Å². The summed E-state index contributed by atoms with van der Waals surface area (Å²) in [7, 11) is -1.80. The maximum Gasteiger partial charge on any atom is 0.488 e. The Morgan fingerprint density at radius 3 is 2.48 bits per heavy atom. The monoisotopic (exact) mass is 694 g/mol. The number of phenolic OH excluding ortho intramolecular Hbond substituents is 1. The number of ether oxygens (including phenoxy) is 1. The Kier molecular flexibility index (Phi) is 10.8. The topological polar surface area (TPSA) is 161 Å². The molecule has 1 fully saturated rings. The van der Waals surface area contributed by atoms with E-state index in [-0.39, 0.29) is 36.3 Å². The summed E-state index contributed by atoms with van der Waals surface area (Å²) in [5.41, 5.74) is 3.46. The van der Waals surface area contributed by atoms with E-state index in [1.807, 2.05) is 36.4 Å². The van der Waals surface area contributed by atoms with Crippen LogP contribution < -0.4 is 15.1 Å². The zero-order valence-electron chi connectivity index (χ0n) is 27.0. The lowest BCUT2D eigenvalue weighted by molar-refractivity contribution is -0.123. The number of hydrogen-bond donors (Lipinski definition) is 5. The number of aromatic hydroxyl groups is 1. The highest BCUT2D eigenvalue weighted by Crippen LogP contribution is 2.47. The fourth-order valence-electron chi connectivity index (χ4n) is 6.95. The predicted octanol–water partition coefficient (Wildman–Crippen LogP) is 4.00. The van der Waals surface area contributed by atoms with E-state index < -0.39 is 49.4 Å². The highest BCUT2D eigenvalue weighted by Gasteiger charge is 2.55. The number of aromatic nitrogens is 1. The normalized spacial score (nSPS) is 19.8. The van der Waals surface area contributed by atoms with Gasteiger partial charge in [0.1, 0.15) is 18.1 Å². The number of anilines is 1. The molecular weight excluding hydrogens is 659 g/mol. The molecule has 10 nitrogen and oxygen atoms in total. The zero-order valence-corrected chi connectivity index (χ0v) is 27.7. The van der Waals surface area contributed by atoms with Crippen LogP contribution in [0.2, 0.25) is 5.02 Å². The minimum absolute atomic E-state index is 0.0237. The molecular formula is C38H36BClN2O8. The molecule has 4 aromatic rings. The lowest BCUT2D eigenvalue weighted by atomic mass is 9.68. The van der Waals surface area contributed by atoms with E-state index in [2.05, 4.69) is 4.98 Å². The van der Waals surface area contributed by atoms with Gasteiger partial charge in [-0.3, -0.25) is 19.5 Å². The van der Waals surface area contributed by atoms with Crippen molar-refractivity contribution in [2.75, 3.05) is 18.1 Å². The number of aliphatic hydroxyl groups is 2. The number of carbonyl (C=O) groups excluding carboxylic acids is 2. The van der Waals surface area contributed by atoms with Gasteiger partial charge in [-0.2, -0.15) is 0 Å². The van der Waals surface area contributed by atoms with E-state index in [0.717, 1.165) is 10.5 Å². The first-order chi connectivity index (χ1) is 24.2. The Labute approximate surface area is 294 Å². The number of para-hydroxylation sites is 1. The fraction of sp³-hybridized carbons (Fsp3) is 0.237. The van der Waals surface area contributed by atoms with Crippen molar-refractivity contribution in [1.29, 1.82) is 0 Å². The highest BCUT2D eigenvalue weighted by molar-refractivity contribution is 6.58. The molecule has 1 aromatic heterocycles. The van der Waals surface area contributed by atoms with Crippen LogP contribution in [0.25, 0.3) is 11.6 Å². The Balaban J connectivity index is 1.34. The lowest BCUT2D eigenvalue weighted by Gasteiger charge is -2.36. The number of imide groups is 1. The van der Waals surface area contributed by atoms with Crippen LogP contribution in [0.4, 0.5) is 5.69 Å². The number of nitrogens with zero attached hydrogens (tertiary/aromatic N) is 2. The second kappa shape index (κ2) is 15.4. The summed E-state index contributed by atoms with van der Waals surface area (Å²) >= 11 is 6.43. The second-order valence-corrected chi connectivity index (χ2v) is 12.8. The van der Waals surface area contributed by atoms with Crippen LogP contribution in [-0.2, 0) is 9.59 Å². The van der Waals surface area contributed by atoms with E-state index in [9.17, 15) is 35.0 Å². The molecule has 3 aromatic carbocycles. The molecule has 0 bridgehead atoms. The third-order valence-corrected chi connectivity index (χ3v) is 9.64. The second-order valence-electron chi connectivity index (χ2n) is 12.4. The van der Waals surface area contributed by atoms with Crippen molar-refractivity contribution in [3.8, 4) is 11.5 Å². The summed E-state index contributed by atoms with van der Waals surface area (Å²) in [5.74, 6) is -3.07. The molecule has 0 spiro atoms. The van der Waals surface area contributed by atoms with Crippen molar-refractivity contribution in [2.24, 2.45) is 17.8 Å². The van der Waals surface area contributed by atoms with Gasteiger partial charge in [0.2, 0.25) is 11.8 Å². The number of phenols is 1. The quantitative estimate of drug-likeness (QED) is 0.0839. The van der Waals surface area contributed by atoms with Gasteiger partial charge in [0.15, 0.2) is 0 Å². The third-order valence-electron chi connectivity index (χ3n) is 9.32. The number of rotatable bonds is 12. The van der Waals surface area contributed by atoms with Gasteiger partial charge in [0.05, 0.1) is 41.0 Å². The number of pyridine rings is 1. The maximum atomic E-state index is 14.1. The fourth-order valence-corrected chi connectivity index (χ4v) is 7.18. The summed E-state index contributed by atoms with van der Waals surface area (Å²) in [4.78, 5) is 33.5. The SMILES string of the molecule is O=C1[C@@H]2[C@@H](CC(COc3ccccc3)=C([C@H](O)CC/C(=C/c3ccc(O)cc3Cl)c3ccccn3)[C@@H]2CO)C(=O)N1c1cccc(B(O)O)c1. The number of halogens is 1. The lowest BCUT2D eigenvalue weighted by Crippen LogP contribution is -2.40. The zero-order chi connectivity index (χ0) is 35.4. The van der Waals surface area contributed by atoms with Crippen LogP contribution in [0.1, 0.15) is 30.5 Å².